The lowest BCUT2D eigenvalue weighted by Crippen LogP contribution is -2.40. The molecular weight excluding hydrogens is 368 g/mol. The van der Waals surface area contributed by atoms with E-state index < -0.39 is 17.9 Å². The zero-order valence-electron chi connectivity index (χ0n) is 17.4. The number of ketones is 1. The molecule has 0 aliphatic carbocycles. The van der Waals surface area contributed by atoms with Crippen molar-refractivity contribution in [1.29, 1.82) is 0 Å². The van der Waals surface area contributed by atoms with E-state index in [9.17, 15) is 14.4 Å². The van der Waals surface area contributed by atoms with Gasteiger partial charge in [-0.05, 0) is 37.5 Å². The van der Waals surface area contributed by atoms with Gasteiger partial charge in [0.2, 0.25) is 0 Å². The summed E-state index contributed by atoms with van der Waals surface area (Å²) in [5, 5.41) is 5.39. The third-order valence-corrected chi connectivity index (χ3v) is 4.73. The quantitative estimate of drug-likeness (QED) is 0.529. The molecule has 0 saturated heterocycles. The topological polar surface area (TPSA) is 84.5 Å². The molecule has 0 radical (unpaired) electrons. The second-order valence-corrected chi connectivity index (χ2v) is 7.17. The molecule has 0 bridgehead atoms. The average molecular weight is 396 g/mol. The molecule has 2 aromatic carbocycles. The Morgan fingerprint density at radius 2 is 1.59 bits per heavy atom. The van der Waals surface area contributed by atoms with Crippen LogP contribution in [0.2, 0.25) is 0 Å². The van der Waals surface area contributed by atoms with Gasteiger partial charge in [0.1, 0.15) is 0 Å². The maximum absolute atomic E-state index is 12.8. The molecule has 29 heavy (non-hydrogen) atoms. The summed E-state index contributed by atoms with van der Waals surface area (Å²) >= 11 is 0. The van der Waals surface area contributed by atoms with Gasteiger partial charge >= 0.3 is 12.0 Å². The number of ether oxygens (including phenoxy) is 1. The number of Topliss-reactive ketones (excluding diaryl/α,β-unsaturated/α-hetero) is 1. The Kier molecular flexibility index (Phi) is 7.95. The fourth-order valence-electron chi connectivity index (χ4n) is 3.41. The number of hydrogen-bond donors (Lipinski definition) is 2. The number of amides is 2. The number of carbonyl (C=O) groups excluding carboxylic acids is 3. The van der Waals surface area contributed by atoms with Crippen LogP contribution in [0.15, 0.2) is 42.5 Å². The Bertz CT molecular complexity index is 855. The van der Waals surface area contributed by atoms with E-state index in [0.29, 0.717) is 12.1 Å². The molecule has 2 aromatic rings. The Morgan fingerprint density at radius 3 is 2.17 bits per heavy atom. The molecule has 0 spiro atoms. The summed E-state index contributed by atoms with van der Waals surface area (Å²) in [6, 6.07) is 13.0. The largest absolute Gasteiger partial charge is 0.469 e. The summed E-state index contributed by atoms with van der Waals surface area (Å²) in [5.41, 5.74) is 4.43. The van der Waals surface area contributed by atoms with Gasteiger partial charge in [-0.25, -0.2) is 4.79 Å². The number of esters is 1. The molecule has 6 nitrogen and oxygen atoms in total. The molecule has 2 rings (SSSR count). The SMILES string of the molecule is COC(=O)[C@H](CNC(=O)NCc1ccccc1)CC(=O)c1c(C)cc(C)cc1C. The van der Waals surface area contributed by atoms with E-state index >= 15 is 0 Å². The predicted octanol–water partition coefficient (Wildman–Crippen LogP) is 3.47. The Hall–Kier alpha value is -3.15. The molecule has 2 N–H and O–H groups in total. The third-order valence-electron chi connectivity index (χ3n) is 4.73. The highest BCUT2D eigenvalue weighted by atomic mass is 16.5. The lowest BCUT2D eigenvalue weighted by molar-refractivity contribution is -0.145. The molecule has 154 valence electrons. The first-order chi connectivity index (χ1) is 13.8. The molecular formula is C23H28N2O4. The van der Waals surface area contributed by atoms with Crippen LogP contribution < -0.4 is 10.6 Å². The van der Waals surface area contributed by atoms with Gasteiger partial charge in [-0.1, -0.05) is 48.0 Å². The number of nitrogens with one attached hydrogen (secondary N) is 2. The second kappa shape index (κ2) is 10.4. The van der Waals surface area contributed by atoms with Crippen molar-refractivity contribution in [2.45, 2.75) is 33.7 Å². The minimum atomic E-state index is -0.755. The highest BCUT2D eigenvalue weighted by molar-refractivity contribution is 6.00. The van der Waals surface area contributed by atoms with Crippen molar-refractivity contribution in [1.82, 2.24) is 10.6 Å². The van der Waals surface area contributed by atoms with Crippen LogP contribution in [0, 0.1) is 26.7 Å². The van der Waals surface area contributed by atoms with Crippen molar-refractivity contribution >= 4 is 17.8 Å². The zero-order valence-corrected chi connectivity index (χ0v) is 17.4. The summed E-state index contributed by atoms with van der Waals surface area (Å²) in [7, 11) is 1.28. The van der Waals surface area contributed by atoms with Gasteiger partial charge in [-0.15, -0.1) is 0 Å². The van der Waals surface area contributed by atoms with E-state index in [2.05, 4.69) is 10.6 Å². The van der Waals surface area contributed by atoms with E-state index in [1.165, 1.54) is 7.11 Å². The first-order valence-corrected chi connectivity index (χ1v) is 9.56. The van der Waals surface area contributed by atoms with Crippen LogP contribution in [0.5, 0.6) is 0 Å². The first-order valence-electron chi connectivity index (χ1n) is 9.56. The van der Waals surface area contributed by atoms with Crippen LogP contribution >= 0.6 is 0 Å². The van der Waals surface area contributed by atoms with Crippen molar-refractivity contribution < 1.29 is 19.1 Å². The highest BCUT2D eigenvalue weighted by Gasteiger charge is 2.25. The van der Waals surface area contributed by atoms with Crippen LogP contribution in [0.1, 0.15) is 39.0 Å². The van der Waals surface area contributed by atoms with Crippen molar-refractivity contribution in [2.24, 2.45) is 5.92 Å². The summed E-state index contributed by atoms with van der Waals surface area (Å²) in [6.45, 7) is 6.13. The Morgan fingerprint density at radius 1 is 0.966 bits per heavy atom. The lowest BCUT2D eigenvalue weighted by atomic mass is 9.91. The van der Waals surface area contributed by atoms with E-state index in [1.807, 2.05) is 63.2 Å². The molecule has 0 heterocycles. The average Bonchev–Trinajstić information content (AvgIpc) is 2.68. The number of rotatable bonds is 8. The van der Waals surface area contributed by atoms with Gasteiger partial charge in [0, 0.05) is 25.1 Å². The van der Waals surface area contributed by atoms with E-state index in [-0.39, 0.29) is 18.7 Å². The normalized spacial score (nSPS) is 11.4. The van der Waals surface area contributed by atoms with E-state index in [1.54, 1.807) is 0 Å². The van der Waals surface area contributed by atoms with Crippen molar-refractivity contribution in [2.75, 3.05) is 13.7 Å². The Labute approximate surface area is 171 Å². The van der Waals surface area contributed by atoms with Gasteiger partial charge in [0.05, 0.1) is 13.0 Å². The van der Waals surface area contributed by atoms with Crippen molar-refractivity contribution in [3.8, 4) is 0 Å². The fourth-order valence-corrected chi connectivity index (χ4v) is 3.41. The summed E-state index contributed by atoms with van der Waals surface area (Å²) < 4.78 is 4.83. The van der Waals surface area contributed by atoms with Crippen LogP contribution in [0.3, 0.4) is 0 Å². The minimum absolute atomic E-state index is 0.0169. The monoisotopic (exact) mass is 396 g/mol. The van der Waals surface area contributed by atoms with Crippen molar-refractivity contribution in [3.05, 3.63) is 70.3 Å². The summed E-state index contributed by atoms with van der Waals surface area (Å²) in [4.78, 5) is 37.1. The molecule has 1 atom stereocenters. The van der Waals surface area contributed by atoms with Crippen LogP contribution in [0.25, 0.3) is 0 Å². The number of carbonyl (C=O) groups is 3. The lowest BCUT2D eigenvalue weighted by Gasteiger charge is -2.17. The molecule has 0 fully saturated rings. The van der Waals surface area contributed by atoms with Crippen LogP contribution in [-0.4, -0.2) is 31.4 Å². The molecule has 0 aliphatic rings. The van der Waals surface area contributed by atoms with Gasteiger partial charge in [0.25, 0.3) is 0 Å². The van der Waals surface area contributed by atoms with Crippen LogP contribution in [0.4, 0.5) is 4.79 Å². The number of hydrogen-bond acceptors (Lipinski definition) is 4. The number of methoxy groups -OCH3 is 1. The Balaban J connectivity index is 1.98. The first kappa shape index (κ1) is 22.1. The van der Waals surface area contributed by atoms with Gasteiger partial charge < -0.3 is 15.4 Å². The molecule has 6 heteroatoms. The second-order valence-electron chi connectivity index (χ2n) is 7.17. The minimum Gasteiger partial charge on any atom is -0.469 e. The molecule has 2 amide bonds. The molecule has 0 aromatic heterocycles. The summed E-state index contributed by atoms with van der Waals surface area (Å²) in [6.07, 6.45) is -0.0314. The fraction of sp³-hybridized carbons (Fsp3) is 0.348. The van der Waals surface area contributed by atoms with E-state index in [0.717, 1.165) is 22.3 Å². The molecule has 0 saturated carbocycles. The van der Waals surface area contributed by atoms with Crippen molar-refractivity contribution in [3.63, 3.8) is 0 Å². The standard InChI is InChI=1S/C23H28N2O4/c1-15-10-16(2)21(17(3)11-15)20(26)12-19(22(27)29-4)14-25-23(28)24-13-18-8-6-5-7-9-18/h5-11,19H,12-14H2,1-4H3,(H2,24,25,28)/t19-/m0/s1. The van der Waals surface area contributed by atoms with Gasteiger partial charge in [0.15, 0.2) is 5.78 Å². The number of aryl methyl sites for hydroxylation is 3. The molecule has 0 unspecified atom stereocenters. The highest BCUT2D eigenvalue weighted by Crippen LogP contribution is 2.20. The summed E-state index contributed by atoms with van der Waals surface area (Å²) in [5.74, 6) is -1.42. The maximum Gasteiger partial charge on any atom is 0.315 e. The maximum atomic E-state index is 12.8. The number of benzene rings is 2. The smallest absolute Gasteiger partial charge is 0.315 e. The van der Waals surface area contributed by atoms with Gasteiger partial charge in [-0.2, -0.15) is 0 Å². The third kappa shape index (κ3) is 6.45. The predicted molar refractivity (Wildman–Crippen MR) is 112 cm³/mol. The number of urea groups is 1. The van der Waals surface area contributed by atoms with Crippen LogP contribution in [-0.2, 0) is 16.1 Å². The van der Waals surface area contributed by atoms with E-state index in [4.69, 9.17) is 4.74 Å². The molecule has 0 aliphatic heterocycles. The van der Waals surface area contributed by atoms with Gasteiger partial charge in [-0.3, -0.25) is 9.59 Å². The zero-order chi connectivity index (χ0) is 21.4.